The van der Waals surface area contributed by atoms with E-state index in [1.54, 1.807) is 18.3 Å². The zero-order valence-corrected chi connectivity index (χ0v) is 11.0. The molecule has 1 saturated carbocycles. The van der Waals surface area contributed by atoms with Crippen molar-refractivity contribution >= 4 is 28.4 Å². The van der Waals surface area contributed by atoms with E-state index in [4.69, 9.17) is 0 Å². The number of anilines is 2. The highest BCUT2D eigenvalue weighted by molar-refractivity contribution is 7.09. The van der Waals surface area contributed by atoms with Gasteiger partial charge in [0, 0.05) is 23.6 Å². The molecule has 7 heteroatoms. The van der Waals surface area contributed by atoms with Crippen molar-refractivity contribution in [1.82, 2.24) is 14.3 Å². The van der Waals surface area contributed by atoms with Gasteiger partial charge < -0.3 is 10.6 Å². The van der Waals surface area contributed by atoms with Crippen LogP contribution in [0.1, 0.15) is 24.6 Å². The van der Waals surface area contributed by atoms with Crippen molar-refractivity contribution in [2.75, 3.05) is 17.2 Å². The first-order valence-corrected chi connectivity index (χ1v) is 6.87. The molecule has 2 aromatic rings. The highest BCUT2D eigenvalue weighted by atomic mass is 32.1. The molecule has 2 N–H and O–H groups in total. The van der Waals surface area contributed by atoms with Crippen LogP contribution in [0.15, 0.2) is 24.4 Å². The lowest BCUT2D eigenvalue weighted by Crippen LogP contribution is -2.22. The number of pyridine rings is 1. The van der Waals surface area contributed by atoms with E-state index in [0.717, 1.165) is 5.82 Å². The Morgan fingerprint density at radius 1 is 1.42 bits per heavy atom. The summed E-state index contributed by atoms with van der Waals surface area (Å²) in [5.74, 6) is 1.83. The van der Waals surface area contributed by atoms with E-state index in [0.29, 0.717) is 16.9 Å². The molecule has 6 nitrogen and oxygen atoms in total. The predicted octanol–water partition coefficient (Wildman–Crippen LogP) is 1.86. The summed E-state index contributed by atoms with van der Waals surface area (Å²) in [6.07, 6.45) is 3.99. The van der Waals surface area contributed by atoms with E-state index in [-0.39, 0.29) is 12.5 Å². The van der Waals surface area contributed by atoms with Crippen molar-refractivity contribution in [3.8, 4) is 0 Å². The summed E-state index contributed by atoms with van der Waals surface area (Å²) < 4.78 is 4.26. The molecule has 1 fully saturated rings. The van der Waals surface area contributed by atoms with Crippen LogP contribution in [0.3, 0.4) is 0 Å². The number of carbonyl (C=O) groups is 1. The predicted molar refractivity (Wildman–Crippen MR) is 73.2 cm³/mol. The van der Waals surface area contributed by atoms with Crippen molar-refractivity contribution in [3.63, 3.8) is 0 Å². The average molecular weight is 275 g/mol. The van der Waals surface area contributed by atoms with Crippen LogP contribution in [0.2, 0.25) is 0 Å². The first-order valence-electron chi connectivity index (χ1n) is 6.09. The van der Waals surface area contributed by atoms with Gasteiger partial charge in [-0.15, -0.1) is 0 Å². The summed E-state index contributed by atoms with van der Waals surface area (Å²) in [5, 5.41) is 6.36. The molecule has 2 aromatic heterocycles. The SMILES string of the molecule is O=C(CNc1nc(C2CC2)ns1)Nc1ccccn1. The first-order chi connectivity index (χ1) is 9.31. The van der Waals surface area contributed by atoms with Crippen LogP contribution in [-0.4, -0.2) is 26.8 Å². The molecule has 19 heavy (non-hydrogen) atoms. The van der Waals surface area contributed by atoms with Crippen LogP contribution in [-0.2, 0) is 4.79 Å². The van der Waals surface area contributed by atoms with Crippen molar-refractivity contribution < 1.29 is 4.79 Å². The maximum absolute atomic E-state index is 11.7. The molecule has 0 aliphatic heterocycles. The number of nitrogens with zero attached hydrogens (tertiary/aromatic N) is 3. The highest BCUT2D eigenvalue weighted by Crippen LogP contribution is 2.39. The minimum atomic E-state index is -0.151. The third kappa shape index (κ3) is 3.25. The standard InChI is InChI=1S/C12H13N5OS/c18-10(15-9-3-1-2-6-13-9)7-14-12-16-11(17-19-12)8-4-5-8/h1-3,6,8H,4-5,7H2,(H,13,15,18)(H,14,16,17). The second-order valence-electron chi connectivity index (χ2n) is 4.35. The van der Waals surface area contributed by atoms with E-state index in [9.17, 15) is 4.79 Å². The number of nitrogens with one attached hydrogen (secondary N) is 2. The molecule has 0 saturated heterocycles. The minimum Gasteiger partial charge on any atom is -0.351 e. The number of amides is 1. The first kappa shape index (κ1) is 12.0. The van der Waals surface area contributed by atoms with Crippen molar-refractivity contribution in [3.05, 3.63) is 30.2 Å². The van der Waals surface area contributed by atoms with Crippen LogP contribution in [0.4, 0.5) is 10.9 Å². The fourth-order valence-electron chi connectivity index (χ4n) is 1.59. The summed E-state index contributed by atoms with van der Waals surface area (Å²) >= 11 is 1.30. The van der Waals surface area contributed by atoms with Crippen LogP contribution in [0, 0.1) is 0 Å². The summed E-state index contributed by atoms with van der Waals surface area (Å²) in [7, 11) is 0. The fraction of sp³-hybridized carbons (Fsp3) is 0.333. The molecular formula is C12H13N5OS. The molecular weight excluding hydrogens is 262 g/mol. The lowest BCUT2D eigenvalue weighted by molar-refractivity contribution is -0.114. The zero-order valence-electron chi connectivity index (χ0n) is 10.2. The molecule has 98 valence electrons. The lowest BCUT2D eigenvalue weighted by Gasteiger charge is -2.04. The van der Waals surface area contributed by atoms with Gasteiger partial charge >= 0.3 is 0 Å². The third-order valence-corrected chi connectivity index (χ3v) is 3.40. The Hall–Kier alpha value is -2.02. The van der Waals surface area contributed by atoms with E-state index in [1.807, 2.05) is 6.07 Å². The molecule has 1 amide bonds. The third-order valence-electron chi connectivity index (χ3n) is 2.72. The molecule has 0 bridgehead atoms. The molecule has 1 aliphatic rings. The van der Waals surface area contributed by atoms with Gasteiger partial charge in [-0.1, -0.05) is 6.07 Å². The van der Waals surface area contributed by atoms with Gasteiger partial charge in [0.1, 0.15) is 11.6 Å². The van der Waals surface area contributed by atoms with Gasteiger partial charge in [0.15, 0.2) is 0 Å². The number of carbonyl (C=O) groups excluding carboxylic acids is 1. The van der Waals surface area contributed by atoms with Crippen molar-refractivity contribution in [1.29, 1.82) is 0 Å². The molecule has 0 radical (unpaired) electrons. The quantitative estimate of drug-likeness (QED) is 0.870. The van der Waals surface area contributed by atoms with Crippen molar-refractivity contribution in [2.45, 2.75) is 18.8 Å². The van der Waals surface area contributed by atoms with Gasteiger partial charge in [0.25, 0.3) is 0 Å². The summed E-state index contributed by atoms with van der Waals surface area (Å²) in [6, 6.07) is 5.37. The fourth-order valence-corrected chi connectivity index (χ4v) is 2.23. The number of hydrogen-bond acceptors (Lipinski definition) is 6. The van der Waals surface area contributed by atoms with Crippen LogP contribution < -0.4 is 10.6 Å². The van der Waals surface area contributed by atoms with E-state index < -0.39 is 0 Å². The number of hydrogen-bond donors (Lipinski definition) is 2. The van der Waals surface area contributed by atoms with Gasteiger partial charge in [-0.05, 0) is 25.0 Å². The van der Waals surface area contributed by atoms with Gasteiger partial charge in [-0.25, -0.2) is 9.97 Å². The minimum absolute atomic E-state index is 0.151. The van der Waals surface area contributed by atoms with E-state index >= 15 is 0 Å². The normalized spacial score (nSPS) is 14.1. The van der Waals surface area contributed by atoms with E-state index in [1.165, 1.54) is 24.4 Å². The van der Waals surface area contributed by atoms with Crippen LogP contribution in [0.5, 0.6) is 0 Å². The lowest BCUT2D eigenvalue weighted by atomic mass is 10.4. The summed E-state index contributed by atoms with van der Waals surface area (Å²) in [4.78, 5) is 20.1. The molecule has 0 spiro atoms. The molecule has 0 unspecified atom stereocenters. The van der Waals surface area contributed by atoms with Gasteiger partial charge in [-0.3, -0.25) is 4.79 Å². The Labute approximate surface area is 114 Å². The molecule has 1 aliphatic carbocycles. The summed E-state index contributed by atoms with van der Waals surface area (Å²) in [5.41, 5.74) is 0. The zero-order chi connectivity index (χ0) is 13.1. The maximum Gasteiger partial charge on any atom is 0.244 e. The second-order valence-corrected chi connectivity index (χ2v) is 5.10. The molecule has 0 atom stereocenters. The van der Waals surface area contributed by atoms with Crippen LogP contribution >= 0.6 is 11.5 Å². The Morgan fingerprint density at radius 3 is 3.05 bits per heavy atom. The Kier molecular flexibility index (Phi) is 3.37. The summed E-state index contributed by atoms with van der Waals surface area (Å²) in [6.45, 7) is 0.163. The van der Waals surface area contributed by atoms with Gasteiger partial charge in [-0.2, -0.15) is 4.37 Å². The van der Waals surface area contributed by atoms with Crippen molar-refractivity contribution in [2.24, 2.45) is 0 Å². The second kappa shape index (κ2) is 5.31. The Balaban J connectivity index is 1.49. The average Bonchev–Trinajstić information content (AvgIpc) is 3.17. The Bertz CT molecular complexity index is 567. The monoisotopic (exact) mass is 275 g/mol. The Morgan fingerprint density at radius 2 is 2.32 bits per heavy atom. The number of aromatic nitrogens is 3. The van der Waals surface area contributed by atoms with Gasteiger partial charge in [0.2, 0.25) is 11.0 Å². The molecule has 3 rings (SSSR count). The highest BCUT2D eigenvalue weighted by Gasteiger charge is 2.27. The molecule has 2 heterocycles. The number of rotatable bonds is 5. The van der Waals surface area contributed by atoms with Gasteiger partial charge in [0.05, 0.1) is 6.54 Å². The smallest absolute Gasteiger partial charge is 0.244 e. The molecule has 0 aromatic carbocycles. The van der Waals surface area contributed by atoms with Crippen LogP contribution in [0.25, 0.3) is 0 Å². The maximum atomic E-state index is 11.7. The topological polar surface area (TPSA) is 79.8 Å². The van der Waals surface area contributed by atoms with E-state index in [2.05, 4.69) is 25.0 Å². The largest absolute Gasteiger partial charge is 0.351 e.